The van der Waals surface area contributed by atoms with E-state index < -0.39 is 0 Å². The van der Waals surface area contributed by atoms with Crippen molar-refractivity contribution < 1.29 is 9.84 Å². The Balaban J connectivity index is 0.00000242. The Kier molecular flexibility index (Phi) is 10.9. The highest BCUT2D eigenvalue weighted by Gasteiger charge is 2.16. The van der Waals surface area contributed by atoms with Gasteiger partial charge in [-0.25, -0.2) is 0 Å². The van der Waals surface area contributed by atoms with Crippen molar-refractivity contribution >= 4 is 24.8 Å². The summed E-state index contributed by atoms with van der Waals surface area (Å²) in [4.78, 5) is 4.75. The topological polar surface area (TPSA) is 35.9 Å². The highest BCUT2D eigenvalue weighted by Crippen LogP contribution is 2.24. The Morgan fingerprint density at radius 2 is 1.39 bits per heavy atom. The lowest BCUT2D eigenvalue weighted by Gasteiger charge is -2.34. The molecule has 1 aliphatic heterocycles. The molecule has 6 heteroatoms. The first kappa shape index (κ1) is 22.5. The van der Waals surface area contributed by atoms with Gasteiger partial charge in [-0.05, 0) is 31.9 Å². The second-order valence-electron chi connectivity index (χ2n) is 5.98. The summed E-state index contributed by atoms with van der Waals surface area (Å²) in [5.74, 6) is 1.04. The molecule has 2 rings (SSSR count). The molecule has 1 aromatic carbocycles. The fourth-order valence-corrected chi connectivity index (χ4v) is 3.05. The van der Waals surface area contributed by atoms with Gasteiger partial charge < -0.3 is 9.84 Å². The lowest BCUT2D eigenvalue weighted by Crippen LogP contribution is -2.48. The average Bonchev–Trinajstić information content (AvgIpc) is 2.44. The van der Waals surface area contributed by atoms with Gasteiger partial charge in [-0.2, -0.15) is 0 Å². The molecule has 23 heavy (non-hydrogen) atoms. The van der Waals surface area contributed by atoms with Gasteiger partial charge in [-0.15, -0.1) is 24.8 Å². The quantitative estimate of drug-likeness (QED) is 0.840. The van der Waals surface area contributed by atoms with Crippen LogP contribution in [0.5, 0.6) is 5.75 Å². The minimum Gasteiger partial charge on any atom is -0.492 e. The molecule has 0 saturated carbocycles. The molecule has 1 aromatic rings. The number of rotatable bonds is 6. The number of nitrogens with zero attached hydrogens (tertiary/aromatic N) is 2. The van der Waals surface area contributed by atoms with E-state index in [0.717, 1.165) is 51.6 Å². The molecule has 1 aliphatic rings. The minimum atomic E-state index is 0. The SMILES string of the molecule is Cc1cc(C)c(OCCN2CCN(CCO)CC2)c(C)c1.Cl.Cl. The molecule has 1 saturated heterocycles. The number of piperazine rings is 1. The van der Waals surface area contributed by atoms with Crippen LogP contribution < -0.4 is 4.74 Å². The fourth-order valence-electron chi connectivity index (χ4n) is 3.05. The molecule has 134 valence electrons. The van der Waals surface area contributed by atoms with E-state index in [0.29, 0.717) is 0 Å². The maximum Gasteiger partial charge on any atom is 0.125 e. The van der Waals surface area contributed by atoms with E-state index in [-0.39, 0.29) is 31.4 Å². The monoisotopic (exact) mass is 364 g/mol. The minimum absolute atomic E-state index is 0. The van der Waals surface area contributed by atoms with Gasteiger partial charge in [0, 0.05) is 39.3 Å². The zero-order valence-corrected chi connectivity index (χ0v) is 16.0. The van der Waals surface area contributed by atoms with Gasteiger partial charge in [0.15, 0.2) is 0 Å². The number of ether oxygens (including phenoxy) is 1. The van der Waals surface area contributed by atoms with Crippen molar-refractivity contribution in [3.05, 3.63) is 28.8 Å². The smallest absolute Gasteiger partial charge is 0.125 e. The molecule has 0 amide bonds. The van der Waals surface area contributed by atoms with E-state index in [1.807, 2.05) is 0 Å². The third-order valence-corrected chi connectivity index (χ3v) is 4.14. The van der Waals surface area contributed by atoms with Crippen LogP contribution in [0.25, 0.3) is 0 Å². The molecule has 0 aliphatic carbocycles. The molecule has 0 radical (unpaired) electrons. The summed E-state index contributed by atoms with van der Waals surface area (Å²) in [6.07, 6.45) is 0. The van der Waals surface area contributed by atoms with E-state index in [4.69, 9.17) is 9.84 Å². The number of aryl methyl sites for hydroxylation is 3. The molecule has 1 N–H and O–H groups in total. The summed E-state index contributed by atoms with van der Waals surface area (Å²) in [5.41, 5.74) is 3.73. The van der Waals surface area contributed by atoms with Crippen LogP contribution in [0, 0.1) is 20.8 Å². The van der Waals surface area contributed by atoms with Crippen molar-refractivity contribution in [2.75, 3.05) is 52.5 Å². The van der Waals surface area contributed by atoms with Crippen LogP contribution in [0.3, 0.4) is 0 Å². The first-order valence-corrected chi connectivity index (χ1v) is 7.86. The largest absolute Gasteiger partial charge is 0.492 e. The average molecular weight is 365 g/mol. The molecule has 0 bridgehead atoms. The van der Waals surface area contributed by atoms with Gasteiger partial charge in [-0.3, -0.25) is 9.80 Å². The van der Waals surface area contributed by atoms with Gasteiger partial charge in [0.1, 0.15) is 12.4 Å². The highest BCUT2D eigenvalue weighted by atomic mass is 35.5. The number of β-amino-alcohol motifs (C(OH)–C–C–N with tert-alkyl or cyclic N) is 1. The van der Waals surface area contributed by atoms with Crippen molar-refractivity contribution in [2.45, 2.75) is 20.8 Å². The zero-order valence-electron chi connectivity index (χ0n) is 14.4. The zero-order chi connectivity index (χ0) is 15.2. The van der Waals surface area contributed by atoms with Crippen LogP contribution in [0.15, 0.2) is 12.1 Å². The van der Waals surface area contributed by atoms with Crippen molar-refractivity contribution in [3.63, 3.8) is 0 Å². The predicted molar refractivity (Wildman–Crippen MR) is 101 cm³/mol. The number of aliphatic hydroxyl groups is 1. The van der Waals surface area contributed by atoms with Gasteiger partial charge in [-0.1, -0.05) is 17.7 Å². The Hall–Kier alpha value is -0.520. The number of benzene rings is 1. The van der Waals surface area contributed by atoms with Crippen molar-refractivity contribution in [2.24, 2.45) is 0 Å². The van der Waals surface area contributed by atoms with E-state index >= 15 is 0 Å². The summed E-state index contributed by atoms with van der Waals surface area (Å²) in [7, 11) is 0. The van der Waals surface area contributed by atoms with Crippen LogP contribution in [-0.2, 0) is 0 Å². The van der Waals surface area contributed by atoms with Crippen molar-refractivity contribution in [1.82, 2.24) is 9.80 Å². The van der Waals surface area contributed by atoms with Gasteiger partial charge >= 0.3 is 0 Å². The maximum atomic E-state index is 8.95. The Bertz CT molecular complexity index is 441. The molecular formula is C17H30Cl2N2O2. The summed E-state index contributed by atoms with van der Waals surface area (Å²) >= 11 is 0. The second kappa shape index (κ2) is 11.1. The predicted octanol–water partition coefficient (Wildman–Crippen LogP) is 2.44. The maximum absolute atomic E-state index is 8.95. The molecule has 0 spiro atoms. The highest BCUT2D eigenvalue weighted by molar-refractivity contribution is 5.85. The van der Waals surface area contributed by atoms with Crippen LogP contribution in [0.4, 0.5) is 0 Å². The first-order chi connectivity index (χ1) is 10.1. The molecule has 0 aromatic heterocycles. The Morgan fingerprint density at radius 3 is 1.87 bits per heavy atom. The van der Waals surface area contributed by atoms with Crippen LogP contribution in [0.2, 0.25) is 0 Å². The normalized spacial score (nSPS) is 15.7. The third-order valence-electron chi connectivity index (χ3n) is 4.14. The summed E-state index contributed by atoms with van der Waals surface area (Å²) < 4.78 is 6.00. The Morgan fingerprint density at radius 1 is 0.913 bits per heavy atom. The van der Waals surface area contributed by atoms with E-state index in [1.54, 1.807) is 0 Å². The first-order valence-electron chi connectivity index (χ1n) is 7.86. The van der Waals surface area contributed by atoms with E-state index in [1.165, 1.54) is 16.7 Å². The van der Waals surface area contributed by atoms with Crippen LogP contribution in [-0.4, -0.2) is 67.4 Å². The standard InChI is InChI=1S/C17H28N2O2.2ClH/c1-14-12-15(2)17(16(3)13-14)21-11-9-19-6-4-18(5-7-19)8-10-20;;/h12-13,20H,4-11H2,1-3H3;2*1H. The molecule has 4 nitrogen and oxygen atoms in total. The van der Waals surface area contributed by atoms with Gasteiger partial charge in [0.2, 0.25) is 0 Å². The Labute approximate surface area is 152 Å². The molecule has 1 heterocycles. The number of hydrogen-bond acceptors (Lipinski definition) is 4. The summed E-state index contributed by atoms with van der Waals surface area (Å²) in [6, 6.07) is 4.35. The third kappa shape index (κ3) is 6.86. The molecule has 0 atom stereocenters. The lowest BCUT2D eigenvalue weighted by atomic mass is 10.1. The van der Waals surface area contributed by atoms with Crippen molar-refractivity contribution in [3.8, 4) is 5.75 Å². The van der Waals surface area contributed by atoms with Crippen molar-refractivity contribution in [1.29, 1.82) is 0 Å². The summed E-state index contributed by atoms with van der Waals surface area (Å²) in [6.45, 7) is 13.3. The van der Waals surface area contributed by atoms with Gasteiger partial charge in [0.05, 0.1) is 6.61 Å². The fraction of sp³-hybridized carbons (Fsp3) is 0.647. The second-order valence-corrected chi connectivity index (χ2v) is 5.98. The molecule has 0 unspecified atom stereocenters. The number of hydrogen-bond donors (Lipinski definition) is 1. The molecular weight excluding hydrogens is 335 g/mol. The van der Waals surface area contributed by atoms with Crippen LogP contribution in [0.1, 0.15) is 16.7 Å². The van der Waals surface area contributed by atoms with E-state index in [2.05, 4.69) is 42.7 Å². The lowest BCUT2D eigenvalue weighted by molar-refractivity contribution is 0.101. The number of halogens is 2. The van der Waals surface area contributed by atoms with E-state index in [9.17, 15) is 0 Å². The van der Waals surface area contributed by atoms with Crippen LogP contribution >= 0.6 is 24.8 Å². The number of aliphatic hydroxyl groups excluding tert-OH is 1. The molecule has 1 fully saturated rings. The van der Waals surface area contributed by atoms with Gasteiger partial charge in [0.25, 0.3) is 0 Å². The summed E-state index contributed by atoms with van der Waals surface area (Å²) in [5, 5.41) is 8.95.